The Hall–Kier alpha value is -1.44. The SMILES string of the molecule is CN(C)c1ccc2oc(C(C)(C)C)cc2c1. The van der Waals surface area contributed by atoms with Gasteiger partial charge in [-0.3, -0.25) is 0 Å². The van der Waals surface area contributed by atoms with Gasteiger partial charge in [0.15, 0.2) is 0 Å². The van der Waals surface area contributed by atoms with Crippen LogP contribution >= 0.6 is 0 Å². The summed E-state index contributed by atoms with van der Waals surface area (Å²) in [6, 6.07) is 8.43. The first-order valence-corrected chi connectivity index (χ1v) is 5.59. The molecule has 1 aromatic carbocycles. The van der Waals surface area contributed by atoms with E-state index in [4.69, 9.17) is 4.42 Å². The van der Waals surface area contributed by atoms with Crippen molar-refractivity contribution in [1.29, 1.82) is 0 Å². The van der Waals surface area contributed by atoms with Gasteiger partial charge in [0, 0.05) is 30.6 Å². The van der Waals surface area contributed by atoms with E-state index < -0.39 is 0 Å². The molecule has 0 radical (unpaired) electrons. The monoisotopic (exact) mass is 217 g/mol. The van der Waals surface area contributed by atoms with E-state index in [0.717, 1.165) is 11.3 Å². The Morgan fingerprint density at radius 1 is 1.06 bits per heavy atom. The second kappa shape index (κ2) is 3.55. The van der Waals surface area contributed by atoms with Crippen LogP contribution in [-0.4, -0.2) is 14.1 Å². The third kappa shape index (κ3) is 1.92. The van der Waals surface area contributed by atoms with Crippen LogP contribution in [0.3, 0.4) is 0 Å². The van der Waals surface area contributed by atoms with Gasteiger partial charge < -0.3 is 9.32 Å². The van der Waals surface area contributed by atoms with Crippen molar-refractivity contribution in [3.8, 4) is 0 Å². The predicted octanol–water partition coefficient (Wildman–Crippen LogP) is 3.80. The first kappa shape index (κ1) is 11.1. The predicted molar refractivity (Wildman–Crippen MR) is 69.2 cm³/mol. The molecule has 0 amide bonds. The van der Waals surface area contributed by atoms with Crippen LogP contribution in [0.5, 0.6) is 0 Å². The summed E-state index contributed by atoms with van der Waals surface area (Å²) in [5.41, 5.74) is 2.24. The average molecular weight is 217 g/mol. The number of rotatable bonds is 1. The topological polar surface area (TPSA) is 16.4 Å². The van der Waals surface area contributed by atoms with Crippen LogP contribution < -0.4 is 4.90 Å². The van der Waals surface area contributed by atoms with Crippen LogP contribution in [0.2, 0.25) is 0 Å². The molecule has 0 saturated heterocycles. The Labute approximate surface area is 96.9 Å². The standard InChI is InChI=1S/C14H19NO/c1-14(2,3)13-9-10-8-11(15(4)5)6-7-12(10)16-13/h6-9H,1-5H3. The van der Waals surface area contributed by atoms with Crippen molar-refractivity contribution < 1.29 is 4.42 Å². The molecule has 86 valence electrons. The maximum absolute atomic E-state index is 5.85. The van der Waals surface area contributed by atoms with E-state index >= 15 is 0 Å². The maximum Gasteiger partial charge on any atom is 0.134 e. The van der Waals surface area contributed by atoms with Crippen molar-refractivity contribution in [3.63, 3.8) is 0 Å². The van der Waals surface area contributed by atoms with Gasteiger partial charge in [0.25, 0.3) is 0 Å². The Balaban J connectivity index is 2.54. The zero-order valence-electron chi connectivity index (χ0n) is 10.7. The van der Waals surface area contributed by atoms with Crippen molar-refractivity contribution in [2.45, 2.75) is 26.2 Å². The van der Waals surface area contributed by atoms with Crippen molar-refractivity contribution in [1.82, 2.24) is 0 Å². The van der Waals surface area contributed by atoms with Crippen LogP contribution in [0.4, 0.5) is 5.69 Å². The summed E-state index contributed by atoms with van der Waals surface area (Å²) in [5.74, 6) is 1.04. The fraction of sp³-hybridized carbons (Fsp3) is 0.429. The zero-order chi connectivity index (χ0) is 11.9. The van der Waals surface area contributed by atoms with Gasteiger partial charge in [0.2, 0.25) is 0 Å². The number of benzene rings is 1. The minimum absolute atomic E-state index is 0.0668. The van der Waals surface area contributed by atoms with E-state index in [1.54, 1.807) is 0 Å². The van der Waals surface area contributed by atoms with Crippen molar-refractivity contribution in [3.05, 3.63) is 30.0 Å². The molecule has 0 aliphatic carbocycles. The molecule has 0 aliphatic heterocycles. The third-order valence-electron chi connectivity index (χ3n) is 2.76. The molecular formula is C14H19NO. The molecule has 2 heteroatoms. The zero-order valence-corrected chi connectivity index (χ0v) is 10.7. The van der Waals surface area contributed by atoms with E-state index in [0.29, 0.717) is 0 Å². The lowest BCUT2D eigenvalue weighted by Gasteiger charge is -2.13. The van der Waals surface area contributed by atoms with Crippen molar-refractivity contribution in [2.24, 2.45) is 0 Å². The number of hydrogen-bond acceptors (Lipinski definition) is 2. The van der Waals surface area contributed by atoms with Crippen LogP contribution in [0.1, 0.15) is 26.5 Å². The molecule has 0 spiro atoms. The van der Waals surface area contributed by atoms with Gasteiger partial charge in [-0.15, -0.1) is 0 Å². The Kier molecular flexibility index (Phi) is 2.45. The molecule has 0 N–H and O–H groups in total. The summed E-state index contributed by atoms with van der Waals surface area (Å²) in [6.45, 7) is 6.49. The molecule has 0 atom stereocenters. The Morgan fingerprint density at radius 2 is 1.75 bits per heavy atom. The molecule has 0 fully saturated rings. The Morgan fingerprint density at radius 3 is 2.31 bits per heavy atom. The number of nitrogens with zero attached hydrogens (tertiary/aromatic N) is 1. The molecule has 2 rings (SSSR count). The normalized spacial score (nSPS) is 12.1. The van der Waals surface area contributed by atoms with Crippen molar-refractivity contribution >= 4 is 16.7 Å². The lowest BCUT2D eigenvalue weighted by atomic mass is 9.93. The lowest BCUT2D eigenvalue weighted by molar-refractivity contribution is 0.430. The van der Waals surface area contributed by atoms with E-state index in [-0.39, 0.29) is 5.41 Å². The molecule has 16 heavy (non-hydrogen) atoms. The van der Waals surface area contributed by atoms with Crippen LogP contribution in [0.15, 0.2) is 28.7 Å². The van der Waals surface area contributed by atoms with E-state index in [2.05, 4.69) is 43.9 Å². The number of furan rings is 1. The first-order chi connectivity index (χ1) is 7.38. The molecule has 2 aromatic rings. The van der Waals surface area contributed by atoms with Crippen LogP contribution in [-0.2, 0) is 5.41 Å². The van der Waals surface area contributed by atoms with Gasteiger partial charge in [0.1, 0.15) is 11.3 Å². The fourth-order valence-corrected chi connectivity index (χ4v) is 1.68. The number of fused-ring (bicyclic) bond motifs is 1. The van der Waals surface area contributed by atoms with Crippen molar-refractivity contribution in [2.75, 3.05) is 19.0 Å². The summed E-state index contributed by atoms with van der Waals surface area (Å²) >= 11 is 0. The van der Waals surface area contributed by atoms with Gasteiger partial charge in [0.05, 0.1) is 0 Å². The molecule has 2 nitrogen and oxygen atoms in total. The number of anilines is 1. The smallest absolute Gasteiger partial charge is 0.134 e. The first-order valence-electron chi connectivity index (χ1n) is 5.59. The fourth-order valence-electron chi connectivity index (χ4n) is 1.68. The highest BCUT2D eigenvalue weighted by molar-refractivity contribution is 5.82. The second-order valence-electron chi connectivity index (χ2n) is 5.48. The van der Waals surface area contributed by atoms with Gasteiger partial charge in [-0.05, 0) is 24.3 Å². The van der Waals surface area contributed by atoms with Gasteiger partial charge >= 0.3 is 0 Å². The van der Waals surface area contributed by atoms with Gasteiger partial charge in [-0.25, -0.2) is 0 Å². The minimum atomic E-state index is 0.0668. The summed E-state index contributed by atoms with van der Waals surface area (Å²) in [4.78, 5) is 2.10. The lowest BCUT2D eigenvalue weighted by Crippen LogP contribution is -2.08. The maximum atomic E-state index is 5.85. The summed E-state index contributed by atoms with van der Waals surface area (Å²) < 4.78 is 5.85. The highest BCUT2D eigenvalue weighted by Gasteiger charge is 2.18. The van der Waals surface area contributed by atoms with Crippen LogP contribution in [0, 0.1) is 0 Å². The van der Waals surface area contributed by atoms with Gasteiger partial charge in [-0.2, -0.15) is 0 Å². The number of hydrogen-bond donors (Lipinski definition) is 0. The summed E-state index contributed by atoms with van der Waals surface area (Å²) in [5, 5.41) is 1.18. The summed E-state index contributed by atoms with van der Waals surface area (Å²) in [6.07, 6.45) is 0. The molecule has 0 bridgehead atoms. The molecule has 0 unspecified atom stereocenters. The molecule has 0 aliphatic rings. The molecule has 1 aromatic heterocycles. The summed E-state index contributed by atoms with van der Waals surface area (Å²) in [7, 11) is 4.10. The Bertz CT molecular complexity index is 503. The van der Waals surface area contributed by atoms with E-state index in [9.17, 15) is 0 Å². The second-order valence-corrected chi connectivity index (χ2v) is 5.48. The molecule has 1 heterocycles. The van der Waals surface area contributed by atoms with Gasteiger partial charge in [-0.1, -0.05) is 20.8 Å². The molecular weight excluding hydrogens is 198 g/mol. The van der Waals surface area contributed by atoms with E-state index in [1.807, 2.05) is 20.2 Å². The third-order valence-corrected chi connectivity index (χ3v) is 2.76. The average Bonchev–Trinajstić information content (AvgIpc) is 2.58. The van der Waals surface area contributed by atoms with Crippen LogP contribution in [0.25, 0.3) is 11.0 Å². The molecule has 0 saturated carbocycles. The highest BCUT2D eigenvalue weighted by atomic mass is 16.3. The quantitative estimate of drug-likeness (QED) is 0.722. The minimum Gasteiger partial charge on any atom is -0.461 e. The highest BCUT2D eigenvalue weighted by Crippen LogP contribution is 2.30. The largest absolute Gasteiger partial charge is 0.461 e. The van der Waals surface area contributed by atoms with E-state index in [1.165, 1.54) is 11.1 Å².